The fraction of sp³-hybridized carbons (Fsp3) is 0.333. The molecular formula is C12H13N3O5. The highest BCUT2D eigenvalue weighted by Gasteiger charge is 2.30. The summed E-state index contributed by atoms with van der Waals surface area (Å²) >= 11 is 0. The van der Waals surface area contributed by atoms with Crippen LogP contribution < -0.4 is 0 Å². The topological polar surface area (TPSA) is 133 Å². The number of aliphatic carboxylic acids is 1. The number of rotatable bonds is 6. The Morgan fingerprint density at radius 1 is 1.50 bits per heavy atom. The highest BCUT2D eigenvalue weighted by Crippen LogP contribution is 2.25. The van der Waals surface area contributed by atoms with Crippen molar-refractivity contribution in [2.45, 2.75) is 19.4 Å². The fourth-order valence-corrected chi connectivity index (χ4v) is 1.62. The van der Waals surface area contributed by atoms with Crippen molar-refractivity contribution in [1.82, 2.24) is 0 Å². The number of nitrogens with zero attached hydrogens (tertiary/aromatic N) is 3. The molecule has 1 aromatic carbocycles. The van der Waals surface area contributed by atoms with Gasteiger partial charge in [-0.2, -0.15) is 0 Å². The summed E-state index contributed by atoms with van der Waals surface area (Å²) in [7, 11) is 0. The number of phenolic OH excluding ortho intramolecular Hbond substituents is 1. The van der Waals surface area contributed by atoms with Gasteiger partial charge < -0.3 is 14.9 Å². The van der Waals surface area contributed by atoms with Crippen LogP contribution >= 0.6 is 0 Å². The van der Waals surface area contributed by atoms with Crippen LogP contribution in [0.25, 0.3) is 10.4 Å². The zero-order valence-corrected chi connectivity index (χ0v) is 10.7. The summed E-state index contributed by atoms with van der Waals surface area (Å²) in [5.41, 5.74) is 8.63. The van der Waals surface area contributed by atoms with E-state index in [4.69, 9.17) is 15.4 Å². The monoisotopic (exact) mass is 279 g/mol. The number of hydrogen-bond acceptors (Lipinski definition) is 5. The molecule has 0 aliphatic rings. The number of azide groups is 1. The Bertz CT molecular complexity index is 566. The van der Waals surface area contributed by atoms with Crippen LogP contribution in [-0.4, -0.2) is 28.8 Å². The normalized spacial score (nSPS) is 11.2. The third-order valence-electron chi connectivity index (χ3n) is 2.51. The first kappa shape index (κ1) is 15.3. The zero-order valence-electron chi connectivity index (χ0n) is 10.7. The lowest BCUT2D eigenvalue weighted by atomic mass is 9.97. The molecule has 1 atom stereocenters. The Kier molecular flexibility index (Phi) is 5.37. The van der Waals surface area contributed by atoms with Crippen LogP contribution in [0.1, 0.15) is 24.0 Å². The Hall–Kier alpha value is -2.73. The smallest absolute Gasteiger partial charge is 0.324 e. The number of phenols is 1. The van der Waals surface area contributed by atoms with Crippen molar-refractivity contribution in [2.24, 2.45) is 5.11 Å². The van der Waals surface area contributed by atoms with Crippen molar-refractivity contribution in [3.8, 4) is 5.75 Å². The molecule has 0 saturated carbocycles. The molecule has 1 unspecified atom stereocenters. The number of hydrogen-bond donors (Lipinski definition) is 2. The van der Waals surface area contributed by atoms with Gasteiger partial charge in [-0.1, -0.05) is 17.2 Å². The second-order valence-corrected chi connectivity index (χ2v) is 3.80. The molecule has 0 saturated heterocycles. The van der Waals surface area contributed by atoms with Crippen LogP contribution in [0, 0.1) is 0 Å². The minimum atomic E-state index is -1.49. The largest absolute Gasteiger partial charge is 0.508 e. The third kappa shape index (κ3) is 3.63. The first-order valence-electron chi connectivity index (χ1n) is 5.73. The van der Waals surface area contributed by atoms with Crippen molar-refractivity contribution in [3.05, 3.63) is 39.8 Å². The van der Waals surface area contributed by atoms with Gasteiger partial charge in [0.25, 0.3) is 0 Å². The van der Waals surface area contributed by atoms with Gasteiger partial charge in [0.05, 0.1) is 13.2 Å². The van der Waals surface area contributed by atoms with E-state index >= 15 is 0 Å². The second kappa shape index (κ2) is 7.01. The molecule has 0 radical (unpaired) electrons. The van der Waals surface area contributed by atoms with Crippen molar-refractivity contribution in [3.63, 3.8) is 0 Å². The molecule has 0 amide bonds. The van der Waals surface area contributed by atoms with Crippen molar-refractivity contribution >= 4 is 11.9 Å². The van der Waals surface area contributed by atoms with E-state index in [1.165, 1.54) is 18.2 Å². The molecule has 2 N–H and O–H groups in total. The highest BCUT2D eigenvalue weighted by molar-refractivity contribution is 6.00. The molecule has 8 nitrogen and oxygen atoms in total. The van der Waals surface area contributed by atoms with Crippen molar-refractivity contribution < 1.29 is 24.5 Å². The summed E-state index contributed by atoms with van der Waals surface area (Å²) in [5, 5.41) is 22.0. The SMILES string of the molecule is CCOC(=O)C(C(=O)O)c1ccc(O)c(CN=[N+]=[N-])c1. The standard InChI is InChI=1S/C12H13N3O5/c1-2-20-12(19)10(11(17)18)7-3-4-9(16)8(5-7)6-14-15-13/h3-5,10,16H,2,6H2,1H3,(H,17,18). The lowest BCUT2D eigenvalue weighted by molar-refractivity contribution is -0.153. The van der Waals surface area contributed by atoms with Crippen molar-refractivity contribution in [1.29, 1.82) is 0 Å². The Balaban J connectivity index is 3.17. The molecule has 1 aromatic rings. The molecule has 106 valence electrons. The van der Waals surface area contributed by atoms with Crippen LogP contribution in [0.2, 0.25) is 0 Å². The van der Waals surface area contributed by atoms with Gasteiger partial charge in [-0.15, -0.1) is 0 Å². The number of carbonyl (C=O) groups is 2. The van der Waals surface area contributed by atoms with E-state index < -0.39 is 17.9 Å². The zero-order chi connectivity index (χ0) is 15.1. The van der Waals surface area contributed by atoms with Gasteiger partial charge in [-0.05, 0) is 29.6 Å². The van der Waals surface area contributed by atoms with Crippen LogP contribution in [0.3, 0.4) is 0 Å². The average Bonchev–Trinajstić information content (AvgIpc) is 2.39. The van der Waals surface area contributed by atoms with Gasteiger partial charge in [0.2, 0.25) is 0 Å². The van der Waals surface area contributed by atoms with E-state index in [-0.39, 0.29) is 30.0 Å². The summed E-state index contributed by atoms with van der Waals surface area (Å²) in [6.45, 7) is 1.48. The molecule has 8 heteroatoms. The lowest BCUT2D eigenvalue weighted by Crippen LogP contribution is -2.24. The van der Waals surface area contributed by atoms with E-state index in [0.29, 0.717) is 0 Å². The van der Waals surface area contributed by atoms with E-state index in [0.717, 1.165) is 0 Å². The van der Waals surface area contributed by atoms with Gasteiger partial charge in [0, 0.05) is 4.91 Å². The van der Waals surface area contributed by atoms with Crippen molar-refractivity contribution in [2.75, 3.05) is 6.61 Å². The highest BCUT2D eigenvalue weighted by atomic mass is 16.5. The molecule has 0 spiro atoms. The van der Waals surface area contributed by atoms with Gasteiger partial charge in [0.1, 0.15) is 5.75 Å². The molecule has 1 rings (SSSR count). The molecule has 0 aromatic heterocycles. The number of esters is 1. The molecule has 0 fully saturated rings. The van der Waals surface area contributed by atoms with Crippen LogP contribution in [0.15, 0.2) is 23.3 Å². The summed E-state index contributed by atoms with van der Waals surface area (Å²) in [6, 6.07) is 3.86. The predicted octanol–water partition coefficient (Wildman–Crippen LogP) is 1.93. The molecule has 20 heavy (non-hydrogen) atoms. The van der Waals surface area contributed by atoms with Gasteiger partial charge >= 0.3 is 11.9 Å². The summed E-state index contributed by atoms with van der Waals surface area (Å²) < 4.78 is 4.71. The molecule has 0 heterocycles. The van der Waals surface area contributed by atoms with Crippen LogP contribution in [0.4, 0.5) is 0 Å². The molecule has 0 bridgehead atoms. The minimum absolute atomic E-state index is 0.0618. The maximum atomic E-state index is 11.6. The van der Waals surface area contributed by atoms with E-state index in [9.17, 15) is 14.7 Å². The maximum absolute atomic E-state index is 11.6. The molecule has 0 aliphatic carbocycles. The van der Waals surface area contributed by atoms with E-state index in [1.54, 1.807) is 6.92 Å². The first-order valence-corrected chi connectivity index (χ1v) is 5.73. The quantitative estimate of drug-likeness (QED) is 0.270. The number of carboxylic acids is 1. The van der Waals surface area contributed by atoms with Gasteiger partial charge in [-0.25, -0.2) is 0 Å². The van der Waals surface area contributed by atoms with Gasteiger partial charge in [0.15, 0.2) is 5.92 Å². The average molecular weight is 279 g/mol. The third-order valence-corrected chi connectivity index (χ3v) is 2.51. The number of aromatic hydroxyl groups is 1. The summed E-state index contributed by atoms with van der Waals surface area (Å²) in [6.07, 6.45) is 0. The Labute approximate surface area is 114 Å². The predicted molar refractivity (Wildman–Crippen MR) is 68.0 cm³/mol. The second-order valence-electron chi connectivity index (χ2n) is 3.80. The minimum Gasteiger partial charge on any atom is -0.508 e. The Morgan fingerprint density at radius 2 is 2.20 bits per heavy atom. The molecule has 0 aliphatic heterocycles. The Morgan fingerprint density at radius 3 is 2.75 bits per heavy atom. The van der Waals surface area contributed by atoms with Crippen LogP contribution in [0.5, 0.6) is 5.75 Å². The maximum Gasteiger partial charge on any atom is 0.324 e. The fourth-order valence-electron chi connectivity index (χ4n) is 1.62. The lowest BCUT2D eigenvalue weighted by Gasteiger charge is -2.13. The van der Waals surface area contributed by atoms with E-state index in [2.05, 4.69) is 10.0 Å². The van der Waals surface area contributed by atoms with Gasteiger partial charge in [-0.3, -0.25) is 9.59 Å². The van der Waals surface area contributed by atoms with Crippen LogP contribution in [-0.2, 0) is 20.9 Å². The summed E-state index contributed by atoms with van der Waals surface area (Å²) in [5.74, 6) is -3.88. The first-order chi connectivity index (χ1) is 9.51. The number of benzene rings is 1. The van der Waals surface area contributed by atoms with E-state index in [1.807, 2.05) is 0 Å². The number of carboxylic acid groups (broad SMARTS) is 1. The number of ether oxygens (including phenoxy) is 1. The number of carbonyl (C=O) groups excluding carboxylic acids is 1. The molecular weight excluding hydrogens is 266 g/mol. The summed E-state index contributed by atoms with van der Waals surface area (Å²) in [4.78, 5) is 25.4.